The van der Waals surface area contributed by atoms with E-state index in [4.69, 9.17) is 27.9 Å². The molecule has 0 bridgehead atoms. The molecule has 0 spiro atoms. The van der Waals surface area contributed by atoms with Gasteiger partial charge in [0.1, 0.15) is 18.3 Å². The molecule has 0 aromatic heterocycles. The average molecular weight is 621 g/mol. The summed E-state index contributed by atoms with van der Waals surface area (Å²) in [4.78, 5) is 28.6. The first-order valence-electron chi connectivity index (χ1n) is 13.1. The molecule has 0 aliphatic carbocycles. The van der Waals surface area contributed by atoms with E-state index in [2.05, 4.69) is 5.32 Å². The second-order valence-corrected chi connectivity index (χ2v) is 12.5. The minimum absolute atomic E-state index is 0.0196. The van der Waals surface area contributed by atoms with Gasteiger partial charge in [-0.1, -0.05) is 60.0 Å². The van der Waals surface area contributed by atoms with Gasteiger partial charge in [0.25, 0.3) is 10.0 Å². The van der Waals surface area contributed by atoms with Gasteiger partial charge in [-0.25, -0.2) is 8.42 Å². The molecule has 8 nitrogen and oxygen atoms in total. The van der Waals surface area contributed by atoms with Gasteiger partial charge in [0.15, 0.2) is 0 Å². The summed E-state index contributed by atoms with van der Waals surface area (Å²) in [6.45, 7) is 6.68. The fourth-order valence-electron chi connectivity index (χ4n) is 4.04. The summed E-state index contributed by atoms with van der Waals surface area (Å²) >= 11 is 12.7. The van der Waals surface area contributed by atoms with Crippen molar-refractivity contribution in [3.05, 3.63) is 87.9 Å². The Balaban J connectivity index is 2.08. The molecule has 0 saturated carbocycles. The van der Waals surface area contributed by atoms with Gasteiger partial charge in [0.2, 0.25) is 11.8 Å². The topological polar surface area (TPSA) is 96.0 Å². The van der Waals surface area contributed by atoms with Crippen LogP contribution in [0.3, 0.4) is 0 Å². The van der Waals surface area contributed by atoms with Crippen molar-refractivity contribution < 1.29 is 22.7 Å². The zero-order valence-corrected chi connectivity index (χ0v) is 26.1. The van der Waals surface area contributed by atoms with E-state index in [1.807, 2.05) is 20.8 Å². The van der Waals surface area contributed by atoms with E-state index in [-0.39, 0.29) is 39.1 Å². The van der Waals surface area contributed by atoms with Crippen molar-refractivity contribution in [2.75, 3.05) is 18.0 Å². The van der Waals surface area contributed by atoms with Gasteiger partial charge in [0, 0.05) is 17.6 Å². The fourth-order valence-corrected chi connectivity index (χ4v) is 5.90. The lowest BCUT2D eigenvalue weighted by atomic mass is 10.1. The molecular formula is C30H35Cl2N3O5S. The highest BCUT2D eigenvalue weighted by atomic mass is 35.5. The van der Waals surface area contributed by atoms with Gasteiger partial charge in [-0.3, -0.25) is 13.9 Å². The van der Waals surface area contributed by atoms with Gasteiger partial charge >= 0.3 is 0 Å². The Morgan fingerprint density at radius 2 is 1.68 bits per heavy atom. The van der Waals surface area contributed by atoms with Crippen LogP contribution < -0.4 is 14.4 Å². The fraction of sp³-hybridized carbons (Fsp3) is 0.333. The second-order valence-electron chi connectivity index (χ2n) is 9.79. The third-order valence-corrected chi connectivity index (χ3v) is 9.05. The molecule has 41 heavy (non-hydrogen) atoms. The maximum atomic E-state index is 14.0. The van der Waals surface area contributed by atoms with Crippen LogP contribution in [-0.4, -0.2) is 50.9 Å². The minimum atomic E-state index is -4.27. The van der Waals surface area contributed by atoms with Gasteiger partial charge in [-0.2, -0.15) is 0 Å². The molecule has 220 valence electrons. The number of halogens is 2. The van der Waals surface area contributed by atoms with Crippen LogP contribution in [0, 0.1) is 6.92 Å². The number of carbonyl (C=O) groups excluding carboxylic acids is 2. The molecule has 3 aromatic carbocycles. The van der Waals surface area contributed by atoms with Crippen LogP contribution >= 0.6 is 23.2 Å². The van der Waals surface area contributed by atoms with Gasteiger partial charge in [0.05, 0.1) is 22.7 Å². The summed E-state index contributed by atoms with van der Waals surface area (Å²) in [6.07, 6.45) is 0.706. The Kier molecular flexibility index (Phi) is 11.1. The number of sulfonamides is 1. The molecule has 0 saturated heterocycles. The quantitative estimate of drug-likeness (QED) is 0.275. The number of ether oxygens (including phenoxy) is 1. The number of carbonyl (C=O) groups is 2. The maximum Gasteiger partial charge on any atom is 0.264 e. The summed E-state index contributed by atoms with van der Waals surface area (Å²) in [5.74, 6) is -0.378. The van der Waals surface area contributed by atoms with Crippen molar-refractivity contribution in [2.24, 2.45) is 0 Å². The van der Waals surface area contributed by atoms with Crippen molar-refractivity contribution in [1.82, 2.24) is 10.2 Å². The average Bonchev–Trinajstić information content (AvgIpc) is 2.95. The number of rotatable bonds is 12. The highest BCUT2D eigenvalue weighted by Gasteiger charge is 2.33. The zero-order valence-electron chi connectivity index (χ0n) is 23.7. The van der Waals surface area contributed by atoms with E-state index >= 15 is 0 Å². The van der Waals surface area contributed by atoms with E-state index in [9.17, 15) is 18.0 Å². The van der Waals surface area contributed by atoms with E-state index in [1.165, 1.54) is 42.3 Å². The molecule has 0 heterocycles. The number of anilines is 1. The molecule has 2 atom stereocenters. The van der Waals surface area contributed by atoms with Crippen molar-refractivity contribution in [3.63, 3.8) is 0 Å². The summed E-state index contributed by atoms with van der Waals surface area (Å²) in [7, 11) is -2.73. The summed E-state index contributed by atoms with van der Waals surface area (Å²) < 4.78 is 34.2. The first kappa shape index (κ1) is 32.2. The Bertz CT molecular complexity index is 1480. The lowest BCUT2D eigenvalue weighted by Gasteiger charge is -2.32. The lowest BCUT2D eigenvalue weighted by Crippen LogP contribution is -2.52. The standard InChI is InChI=1S/C30H35Cl2N3O5S/c1-6-21(3)33-30(37)22(4)34(18-23-8-7-9-25(16-23)40-5)29(36)19-35(28-17-24(31)12-15-27(28)32)41(38,39)26-13-10-20(2)11-14-26/h7-17,21-22H,6,18-19H2,1-5H3,(H,33,37)/t21-,22+/m1/s1. The molecule has 0 aliphatic rings. The predicted molar refractivity (Wildman–Crippen MR) is 163 cm³/mol. The molecular weight excluding hydrogens is 585 g/mol. The summed E-state index contributed by atoms with van der Waals surface area (Å²) in [5.41, 5.74) is 1.62. The molecule has 2 amide bonds. The summed E-state index contributed by atoms with van der Waals surface area (Å²) in [6, 6.07) is 16.8. The molecule has 0 aliphatic heterocycles. The normalized spacial score (nSPS) is 12.8. The first-order chi connectivity index (χ1) is 19.4. The van der Waals surface area contributed by atoms with Crippen LogP contribution in [-0.2, 0) is 26.2 Å². The molecule has 0 unspecified atom stereocenters. The maximum absolute atomic E-state index is 14.0. The number of aryl methyl sites for hydroxylation is 1. The number of methoxy groups -OCH3 is 1. The third kappa shape index (κ3) is 8.15. The van der Waals surface area contributed by atoms with Crippen molar-refractivity contribution >= 4 is 50.7 Å². The Hall–Kier alpha value is -3.27. The van der Waals surface area contributed by atoms with Crippen molar-refractivity contribution in [1.29, 1.82) is 0 Å². The number of hydrogen-bond acceptors (Lipinski definition) is 5. The lowest BCUT2D eigenvalue weighted by molar-refractivity contribution is -0.139. The van der Waals surface area contributed by atoms with Crippen LogP contribution in [0.5, 0.6) is 5.75 Å². The van der Waals surface area contributed by atoms with E-state index < -0.39 is 28.5 Å². The molecule has 0 fully saturated rings. The minimum Gasteiger partial charge on any atom is -0.497 e. The third-order valence-electron chi connectivity index (χ3n) is 6.72. The predicted octanol–water partition coefficient (Wildman–Crippen LogP) is 5.84. The van der Waals surface area contributed by atoms with Crippen LogP contribution in [0.25, 0.3) is 0 Å². The molecule has 0 radical (unpaired) electrons. The van der Waals surface area contributed by atoms with E-state index in [0.717, 1.165) is 9.87 Å². The zero-order chi connectivity index (χ0) is 30.3. The van der Waals surface area contributed by atoms with E-state index in [0.29, 0.717) is 17.7 Å². The Labute approximate surface area is 252 Å². The van der Waals surface area contributed by atoms with Crippen molar-refractivity contribution in [3.8, 4) is 5.75 Å². The van der Waals surface area contributed by atoms with E-state index in [1.54, 1.807) is 43.3 Å². The highest BCUT2D eigenvalue weighted by molar-refractivity contribution is 7.92. The SMILES string of the molecule is CC[C@@H](C)NC(=O)[C@H](C)N(Cc1cccc(OC)c1)C(=O)CN(c1cc(Cl)ccc1Cl)S(=O)(=O)c1ccc(C)cc1. The van der Waals surface area contributed by atoms with Crippen LogP contribution in [0.1, 0.15) is 38.3 Å². The van der Waals surface area contributed by atoms with Gasteiger partial charge < -0.3 is 15.0 Å². The molecule has 3 rings (SSSR count). The largest absolute Gasteiger partial charge is 0.497 e. The molecule has 1 N–H and O–H groups in total. The van der Waals surface area contributed by atoms with Crippen molar-refractivity contribution in [2.45, 2.75) is 57.6 Å². The Morgan fingerprint density at radius 3 is 2.32 bits per heavy atom. The number of nitrogens with one attached hydrogen (secondary N) is 1. The van der Waals surface area contributed by atoms with Crippen LogP contribution in [0.2, 0.25) is 10.0 Å². The molecule has 11 heteroatoms. The number of benzene rings is 3. The summed E-state index contributed by atoms with van der Waals surface area (Å²) in [5, 5.41) is 3.25. The number of amides is 2. The van der Waals surface area contributed by atoms with Crippen LogP contribution in [0.15, 0.2) is 71.6 Å². The van der Waals surface area contributed by atoms with Gasteiger partial charge in [-0.05, 0) is 75.2 Å². The Morgan fingerprint density at radius 1 is 1.00 bits per heavy atom. The second kappa shape index (κ2) is 14.1. The number of nitrogens with zero attached hydrogens (tertiary/aromatic N) is 2. The highest BCUT2D eigenvalue weighted by Crippen LogP contribution is 2.33. The molecule has 3 aromatic rings. The van der Waals surface area contributed by atoms with Crippen LogP contribution in [0.4, 0.5) is 5.69 Å². The number of hydrogen-bond donors (Lipinski definition) is 1. The smallest absolute Gasteiger partial charge is 0.264 e. The van der Waals surface area contributed by atoms with Gasteiger partial charge in [-0.15, -0.1) is 0 Å². The first-order valence-corrected chi connectivity index (χ1v) is 15.3. The monoisotopic (exact) mass is 619 g/mol.